The SMILES string of the molecule is CCc1cccc(NC(N)=NCc2ccnc(C)n2)c1.I. The van der Waals surface area contributed by atoms with Gasteiger partial charge in [0, 0.05) is 11.9 Å². The molecule has 3 N–H and O–H groups in total. The number of guanidine groups is 1. The van der Waals surface area contributed by atoms with Crippen LogP contribution in [0.2, 0.25) is 0 Å². The first-order chi connectivity index (χ1) is 9.67. The van der Waals surface area contributed by atoms with Gasteiger partial charge in [0.2, 0.25) is 0 Å². The van der Waals surface area contributed by atoms with Crippen LogP contribution in [-0.4, -0.2) is 15.9 Å². The van der Waals surface area contributed by atoms with Crippen LogP contribution < -0.4 is 11.1 Å². The van der Waals surface area contributed by atoms with Crippen LogP contribution in [0, 0.1) is 6.92 Å². The quantitative estimate of drug-likeness (QED) is 0.473. The van der Waals surface area contributed by atoms with E-state index in [-0.39, 0.29) is 24.0 Å². The van der Waals surface area contributed by atoms with Gasteiger partial charge in [-0.2, -0.15) is 0 Å². The van der Waals surface area contributed by atoms with Crippen LogP contribution in [0.5, 0.6) is 0 Å². The monoisotopic (exact) mass is 397 g/mol. The molecule has 0 fully saturated rings. The van der Waals surface area contributed by atoms with Gasteiger partial charge in [0.15, 0.2) is 5.96 Å². The fraction of sp³-hybridized carbons (Fsp3) is 0.267. The van der Waals surface area contributed by atoms with Gasteiger partial charge in [0.25, 0.3) is 0 Å². The average molecular weight is 397 g/mol. The van der Waals surface area contributed by atoms with Gasteiger partial charge in [0.05, 0.1) is 12.2 Å². The Morgan fingerprint density at radius 1 is 1.33 bits per heavy atom. The summed E-state index contributed by atoms with van der Waals surface area (Å²) in [6.07, 6.45) is 2.72. The predicted octanol–water partition coefficient (Wildman–Crippen LogP) is 2.89. The van der Waals surface area contributed by atoms with E-state index in [0.29, 0.717) is 12.5 Å². The molecule has 0 unspecified atom stereocenters. The zero-order chi connectivity index (χ0) is 14.4. The molecule has 0 bridgehead atoms. The number of nitrogens with one attached hydrogen (secondary N) is 1. The van der Waals surface area contributed by atoms with Crippen molar-refractivity contribution in [2.45, 2.75) is 26.8 Å². The molecule has 21 heavy (non-hydrogen) atoms. The molecule has 0 atom stereocenters. The summed E-state index contributed by atoms with van der Waals surface area (Å²) in [4.78, 5) is 12.6. The molecular formula is C15H20IN5. The van der Waals surface area contributed by atoms with Crippen molar-refractivity contribution < 1.29 is 0 Å². The number of nitrogens with two attached hydrogens (primary N) is 1. The van der Waals surface area contributed by atoms with Crippen molar-refractivity contribution in [2.75, 3.05) is 5.32 Å². The summed E-state index contributed by atoms with van der Waals surface area (Å²) in [6.45, 7) is 4.41. The Morgan fingerprint density at radius 2 is 2.14 bits per heavy atom. The number of hydrogen-bond donors (Lipinski definition) is 2. The second kappa shape index (κ2) is 8.56. The molecule has 1 aromatic carbocycles. The Hall–Kier alpha value is -1.70. The molecule has 112 valence electrons. The standard InChI is InChI=1S/C15H19N5.HI/c1-3-12-5-4-6-13(9-12)20-15(16)18-10-14-7-8-17-11(2)19-14;/h4-9H,3,10H2,1-2H3,(H3,16,18,20);1H. The number of rotatable bonds is 4. The number of benzene rings is 1. The van der Waals surface area contributed by atoms with E-state index in [0.717, 1.165) is 23.6 Å². The van der Waals surface area contributed by atoms with Crippen molar-refractivity contribution in [3.05, 3.63) is 53.6 Å². The van der Waals surface area contributed by atoms with Gasteiger partial charge in [-0.05, 0) is 37.1 Å². The second-order valence-electron chi connectivity index (χ2n) is 4.48. The summed E-state index contributed by atoms with van der Waals surface area (Å²) in [7, 11) is 0. The van der Waals surface area contributed by atoms with Crippen LogP contribution in [0.3, 0.4) is 0 Å². The molecule has 2 aromatic rings. The number of aliphatic imine (C=N–C) groups is 1. The zero-order valence-electron chi connectivity index (χ0n) is 12.2. The Kier molecular flexibility index (Phi) is 7.07. The minimum atomic E-state index is 0. The third-order valence-corrected chi connectivity index (χ3v) is 2.85. The van der Waals surface area contributed by atoms with Gasteiger partial charge in [-0.1, -0.05) is 19.1 Å². The average Bonchev–Trinajstić information content (AvgIpc) is 2.45. The van der Waals surface area contributed by atoms with Gasteiger partial charge in [-0.3, -0.25) is 0 Å². The van der Waals surface area contributed by atoms with E-state index in [1.165, 1.54) is 5.56 Å². The van der Waals surface area contributed by atoms with Gasteiger partial charge < -0.3 is 11.1 Å². The van der Waals surface area contributed by atoms with Gasteiger partial charge >= 0.3 is 0 Å². The summed E-state index contributed by atoms with van der Waals surface area (Å²) in [5.74, 6) is 1.12. The maximum Gasteiger partial charge on any atom is 0.193 e. The molecule has 1 heterocycles. The molecule has 0 saturated heterocycles. The highest BCUT2D eigenvalue weighted by molar-refractivity contribution is 14.0. The van der Waals surface area contributed by atoms with Crippen LogP contribution >= 0.6 is 24.0 Å². The van der Waals surface area contributed by atoms with Crippen LogP contribution in [0.1, 0.15) is 24.0 Å². The van der Waals surface area contributed by atoms with Crippen molar-refractivity contribution in [1.82, 2.24) is 9.97 Å². The van der Waals surface area contributed by atoms with Crippen LogP contribution in [0.4, 0.5) is 5.69 Å². The fourth-order valence-electron chi connectivity index (χ4n) is 1.82. The molecule has 0 amide bonds. The van der Waals surface area contributed by atoms with Gasteiger partial charge in [-0.25, -0.2) is 15.0 Å². The largest absolute Gasteiger partial charge is 0.370 e. The molecule has 0 radical (unpaired) electrons. The van der Waals surface area contributed by atoms with E-state index >= 15 is 0 Å². The normalized spacial score (nSPS) is 10.9. The third-order valence-electron chi connectivity index (χ3n) is 2.85. The second-order valence-corrected chi connectivity index (χ2v) is 4.48. The first kappa shape index (κ1) is 17.4. The Bertz CT molecular complexity index is 613. The summed E-state index contributed by atoms with van der Waals surface area (Å²) in [5, 5.41) is 3.09. The molecule has 0 saturated carbocycles. The molecule has 1 aromatic heterocycles. The Morgan fingerprint density at radius 3 is 2.86 bits per heavy atom. The third kappa shape index (κ3) is 5.66. The van der Waals surface area contributed by atoms with Crippen LogP contribution in [-0.2, 0) is 13.0 Å². The molecule has 0 spiro atoms. The molecule has 0 aliphatic carbocycles. The number of hydrogen-bond acceptors (Lipinski definition) is 3. The zero-order valence-corrected chi connectivity index (χ0v) is 14.5. The first-order valence-electron chi connectivity index (χ1n) is 6.62. The first-order valence-corrected chi connectivity index (χ1v) is 6.62. The van der Waals surface area contributed by atoms with E-state index in [1.54, 1.807) is 6.20 Å². The number of halogens is 1. The van der Waals surface area contributed by atoms with E-state index in [9.17, 15) is 0 Å². The van der Waals surface area contributed by atoms with Crippen molar-refractivity contribution in [3.63, 3.8) is 0 Å². The fourth-order valence-corrected chi connectivity index (χ4v) is 1.82. The van der Waals surface area contributed by atoms with Gasteiger partial charge in [0.1, 0.15) is 5.82 Å². The highest BCUT2D eigenvalue weighted by atomic mass is 127. The lowest BCUT2D eigenvalue weighted by molar-refractivity contribution is 0.924. The summed E-state index contributed by atoms with van der Waals surface area (Å²) >= 11 is 0. The summed E-state index contributed by atoms with van der Waals surface area (Å²) in [6, 6.07) is 9.96. The lowest BCUT2D eigenvalue weighted by Gasteiger charge is -2.07. The smallest absolute Gasteiger partial charge is 0.193 e. The Balaban J connectivity index is 0.00000220. The maximum atomic E-state index is 5.88. The molecule has 2 rings (SSSR count). The summed E-state index contributed by atoms with van der Waals surface area (Å²) < 4.78 is 0. The van der Waals surface area contributed by atoms with Crippen molar-refractivity contribution in [2.24, 2.45) is 10.7 Å². The van der Waals surface area contributed by atoms with Crippen molar-refractivity contribution in [1.29, 1.82) is 0 Å². The highest BCUT2D eigenvalue weighted by Gasteiger charge is 1.98. The lowest BCUT2D eigenvalue weighted by atomic mass is 10.1. The Labute approximate surface area is 142 Å². The van der Waals surface area contributed by atoms with Crippen molar-refractivity contribution in [3.8, 4) is 0 Å². The number of nitrogens with zero attached hydrogens (tertiary/aromatic N) is 3. The minimum Gasteiger partial charge on any atom is -0.370 e. The maximum absolute atomic E-state index is 5.88. The van der Waals surface area contributed by atoms with Crippen LogP contribution in [0.25, 0.3) is 0 Å². The molecule has 0 aliphatic rings. The van der Waals surface area contributed by atoms with E-state index in [2.05, 4.69) is 39.3 Å². The topological polar surface area (TPSA) is 76.2 Å². The molecule has 6 heteroatoms. The van der Waals surface area contributed by atoms with Crippen molar-refractivity contribution >= 4 is 35.6 Å². The molecule has 0 aliphatic heterocycles. The van der Waals surface area contributed by atoms with Crippen LogP contribution in [0.15, 0.2) is 41.5 Å². The van der Waals surface area contributed by atoms with E-state index < -0.39 is 0 Å². The number of anilines is 1. The van der Waals surface area contributed by atoms with E-state index in [1.807, 2.05) is 25.1 Å². The molecular weight excluding hydrogens is 377 g/mol. The minimum absolute atomic E-state index is 0. The number of aryl methyl sites for hydroxylation is 2. The van der Waals surface area contributed by atoms with Gasteiger partial charge in [-0.15, -0.1) is 24.0 Å². The highest BCUT2D eigenvalue weighted by Crippen LogP contribution is 2.10. The molecule has 5 nitrogen and oxygen atoms in total. The lowest BCUT2D eigenvalue weighted by Crippen LogP contribution is -2.22. The summed E-state index contributed by atoms with van der Waals surface area (Å²) in [5.41, 5.74) is 8.94. The van der Waals surface area contributed by atoms with E-state index in [4.69, 9.17) is 5.73 Å². The number of aromatic nitrogens is 2. The predicted molar refractivity (Wildman–Crippen MR) is 97.0 cm³/mol.